The van der Waals surface area contributed by atoms with E-state index < -0.39 is 90.5 Å². The Hall–Kier alpha value is -6.24. The molecule has 0 radical (unpaired) electrons. The van der Waals surface area contributed by atoms with Crippen LogP contribution in [0.4, 0.5) is 0 Å². The predicted molar refractivity (Wildman–Crippen MR) is 178 cm³/mol. The first-order valence-corrected chi connectivity index (χ1v) is 15.5. The number of carbonyl (C=O) groups excluding carboxylic acids is 7. The molecule has 0 spiro atoms. The lowest BCUT2D eigenvalue weighted by Gasteiger charge is -2.25. The first kappa shape index (κ1) is 40.9. The summed E-state index contributed by atoms with van der Waals surface area (Å²) in [6.07, 6.45) is -1.69. The average Bonchev–Trinajstić information content (AvgIpc) is 3.06. The lowest BCUT2D eigenvalue weighted by Crippen LogP contribution is -2.59. The van der Waals surface area contributed by atoms with Crippen LogP contribution in [-0.4, -0.2) is 99.4 Å². The zero-order valence-corrected chi connectivity index (χ0v) is 27.6. The Balaban J connectivity index is 2.25. The van der Waals surface area contributed by atoms with E-state index in [9.17, 15) is 53.7 Å². The van der Waals surface area contributed by atoms with E-state index in [0.717, 1.165) is 0 Å². The average molecular weight is 715 g/mol. The molecule has 14 N–H and O–H groups in total. The molecule has 2 aromatic rings. The van der Waals surface area contributed by atoms with E-state index in [0.29, 0.717) is 11.1 Å². The molecule has 0 aliphatic heterocycles. The zero-order valence-electron chi connectivity index (χ0n) is 27.6. The standard InChI is InChI=1S/C32H42N8O11/c1-16(28(46)39-23(13-18-4-8-20(42)9-5-18)31(49)40-24(32(50)51)14-26(35)44)36-29(47)21(10-11-25(34)43)38-30(48)22(37-27(45)15-33)12-17-2-6-19(41)7-3-17/h2-9,16,21-24,41-42H,10-15,33H2,1H3,(H2,34,43)(H2,35,44)(H,36,47)(H,37,45)(H,38,48)(H,39,46)(H,40,49)(H,50,51)/t16-,21-,22-,23-,24-/m0/s1. The normalized spacial score (nSPS) is 13.6. The van der Waals surface area contributed by atoms with Crippen LogP contribution < -0.4 is 43.8 Å². The third-order valence-electron chi connectivity index (χ3n) is 7.31. The maximum absolute atomic E-state index is 13.4. The molecule has 0 aliphatic rings. The quantitative estimate of drug-likeness (QED) is 0.0637. The van der Waals surface area contributed by atoms with Crippen molar-refractivity contribution in [2.24, 2.45) is 17.2 Å². The van der Waals surface area contributed by atoms with Gasteiger partial charge < -0.3 is 59.1 Å². The molecule has 2 aromatic carbocycles. The fourth-order valence-corrected chi connectivity index (χ4v) is 4.58. The second-order valence-corrected chi connectivity index (χ2v) is 11.5. The van der Waals surface area contributed by atoms with E-state index in [-0.39, 0.29) is 37.2 Å². The smallest absolute Gasteiger partial charge is 0.326 e. The molecule has 0 saturated carbocycles. The highest BCUT2D eigenvalue weighted by molar-refractivity contribution is 5.96. The van der Waals surface area contributed by atoms with Gasteiger partial charge in [-0.3, -0.25) is 33.6 Å². The molecule has 51 heavy (non-hydrogen) atoms. The summed E-state index contributed by atoms with van der Waals surface area (Å²) in [5.41, 5.74) is 16.7. The van der Waals surface area contributed by atoms with E-state index in [1.165, 1.54) is 55.5 Å². The summed E-state index contributed by atoms with van der Waals surface area (Å²) in [7, 11) is 0. The minimum Gasteiger partial charge on any atom is -0.508 e. The van der Waals surface area contributed by atoms with Gasteiger partial charge in [0.2, 0.25) is 41.4 Å². The zero-order chi connectivity index (χ0) is 38.2. The molecular formula is C32H42N8O11. The summed E-state index contributed by atoms with van der Waals surface area (Å²) in [6, 6.07) is 4.05. The summed E-state index contributed by atoms with van der Waals surface area (Å²) >= 11 is 0. The lowest BCUT2D eigenvalue weighted by molar-refractivity contribution is -0.143. The third-order valence-corrected chi connectivity index (χ3v) is 7.31. The number of aromatic hydroxyl groups is 2. The van der Waals surface area contributed by atoms with Crippen LogP contribution in [0.25, 0.3) is 0 Å². The van der Waals surface area contributed by atoms with Crippen molar-refractivity contribution < 1.29 is 53.7 Å². The van der Waals surface area contributed by atoms with Gasteiger partial charge in [0.25, 0.3) is 0 Å². The monoisotopic (exact) mass is 714 g/mol. The van der Waals surface area contributed by atoms with Crippen LogP contribution in [0, 0.1) is 0 Å². The Morgan fingerprint density at radius 3 is 1.47 bits per heavy atom. The van der Waals surface area contributed by atoms with Gasteiger partial charge in [0.05, 0.1) is 13.0 Å². The van der Waals surface area contributed by atoms with Crippen LogP contribution in [0.15, 0.2) is 48.5 Å². The molecule has 5 atom stereocenters. The number of carboxylic acids is 1. The summed E-state index contributed by atoms with van der Waals surface area (Å²) in [5.74, 6) is -7.89. The highest BCUT2D eigenvalue weighted by atomic mass is 16.4. The molecule has 0 unspecified atom stereocenters. The molecule has 276 valence electrons. The maximum atomic E-state index is 13.4. The fourth-order valence-electron chi connectivity index (χ4n) is 4.58. The number of hydrogen-bond acceptors (Lipinski definition) is 11. The van der Waals surface area contributed by atoms with Gasteiger partial charge in [0.1, 0.15) is 41.7 Å². The van der Waals surface area contributed by atoms with E-state index >= 15 is 0 Å². The number of hydrogen-bond donors (Lipinski definition) is 11. The number of amides is 7. The number of rotatable bonds is 20. The van der Waals surface area contributed by atoms with Crippen molar-refractivity contribution in [2.75, 3.05) is 6.54 Å². The second kappa shape index (κ2) is 19.7. The number of aliphatic carboxylic acids is 1. The number of phenolic OH excluding ortho intramolecular Hbond substituents is 2. The van der Waals surface area contributed by atoms with Crippen molar-refractivity contribution in [3.05, 3.63) is 59.7 Å². The molecule has 0 heterocycles. The number of nitrogens with two attached hydrogens (primary N) is 3. The van der Waals surface area contributed by atoms with Gasteiger partial charge >= 0.3 is 5.97 Å². The highest BCUT2D eigenvalue weighted by Gasteiger charge is 2.32. The summed E-state index contributed by atoms with van der Waals surface area (Å²) in [6.45, 7) is 0.795. The van der Waals surface area contributed by atoms with Crippen LogP contribution >= 0.6 is 0 Å². The molecule has 2 rings (SSSR count). The molecular weight excluding hydrogens is 672 g/mol. The topological polar surface area (TPSA) is 335 Å². The molecule has 0 aromatic heterocycles. The van der Waals surface area contributed by atoms with Gasteiger partial charge in [-0.2, -0.15) is 0 Å². The van der Waals surface area contributed by atoms with Crippen molar-refractivity contribution in [1.82, 2.24) is 26.6 Å². The van der Waals surface area contributed by atoms with Gasteiger partial charge in [0.15, 0.2) is 0 Å². The number of carboxylic acid groups (broad SMARTS) is 1. The lowest BCUT2D eigenvalue weighted by atomic mass is 10.0. The maximum Gasteiger partial charge on any atom is 0.326 e. The Bertz CT molecular complexity index is 1580. The SMILES string of the molecule is C[C@H](NC(=O)[C@H](CCC(N)=O)NC(=O)[C@H](Cc1ccc(O)cc1)NC(=O)CN)C(=O)N[C@@H](Cc1ccc(O)cc1)C(=O)N[C@@H](CC(N)=O)C(=O)O. The number of carbonyl (C=O) groups is 8. The number of primary amides is 2. The van der Waals surface area contributed by atoms with Gasteiger partial charge in [-0.15, -0.1) is 0 Å². The van der Waals surface area contributed by atoms with Crippen molar-refractivity contribution in [3.63, 3.8) is 0 Å². The summed E-state index contributed by atoms with van der Waals surface area (Å²) in [5, 5.41) is 40.4. The van der Waals surface area contributed by atoms with E-state index in [2.05, 4.69) is 26.6 Å². The van der Waals surface area contributed by atoms with Crippen LogP contribution in [0.1, 0.15) is 37.3 Å². The molecule has 0 fully saturated rings. The minimum absolute atomic E-state index is 0.0352. The number of phenols is 2. The molecule has 19 heteroatoms. The third kappa shape index (κ3) is 14.4. The van der Waals surface area contributed by atoms with Crippen LogP contribution in [0.2, 0.25) is 0 Å². The largest absolute Gasteiger partial charge is 0.508 e. The fraction of sp³-hybridized carbons (Fsp3) is 0.375. The molecule has 7 amide bonds. The minimum atomic E-state index is -1.71. The van der Waals surface area contributed by atoms with E-state index in [4.69, 9.17) is 17.2 Å². The molecule has 0 aliphatic carbocycles. The Labute approximate surface area is 291 Å². The molecule has 0 bridgehead atoms. The van der Waals surface area contributed by atoms with Crippen LogP contribution in [0.3, 0.4) is 0 Å². The van der Waals surface area contributed by atoms with Gasteiger partial charge in [0, 0.05) is 19.3 Å². The first-order valence-electron chi connectivity index (χ1n) is 15.5. The van der Waals surface area contributed by atoms with E-state index in [1.807, 2.05) is 0 Å². The molecule has 0 saturated heterocycles. The Morgan fingerprint density at radius 1 is 0.608 bits per heavy atom. The van der Waals surface area contributed by atoms with Gasteiger partial charge in [-0.1, -0.05) is 24.3 Å². The Morgan fingerprint density at radius 2 is 1.04 bits per heavy atom. The summed E-state index contributed by atoms with van der Waals surface area (Å²) in [4.78, 5) is 99.8. The van der Waals surface area contributed by atoms with Gasteiger partial charge in [-0.25, -0.2) is 4.79 Å². The van der Waals surface area contributed by atoms with Crippen molar-refractivity contribution in [2.45, 2.75) is 69.2 Å². The Kier molecular flexibility index (Phi) is 15.8. The first-order chi connectivity index (χ1) is 24.0. The number of nitrogens with one attached hydrogen (secondary N) is 5. The van der Waals surface area contributed by atoms with Crippen molar-refractivity contribution in [3.8, 4) is 11.5 Å². The molecule has 19 nitrogen and oxygen atoms in total. The van der Waals surface area contributed by atoms with Crippen LogP contribution in [-0.2, 0) is 51.2 Å². The van der Waals surface area contributed by atoms with Gasteiger partial charge in [-0.05, 0) is 48.7 Å². The van der Waals surface area contributed by atoms with Crippen molar-refractivity contribution in [1.29, 1.82) is 0 Å². The highest BCUT2D eigenvalue weighted by Crippen LogP contribution is 2.13. The van der Waals surface area contributed by atoms with Crippen molar-refractivity contribution >= 4 is 47.3 Å². The second-order valence-electron chi connectivity index (χ2n) is 11.5. The van der Waals surface area contributed by atoms with E-state index in [1.54, 1.807) is 0 Å². The predicted octanol–water partition coefficient (Wildman–Crippen LogP) is -3.49. The number of benzene rings is 2. The summed E-state index contributed by atoms with van der Waals surface area (Å²) < 4.78 is 0. The van der Waals surface area contributed by atoms with Crippen LogP contribution in [0.5, 0.6) is 11.5 Å².